The molecular weight excluding hydrogens is 469 g/mol. The third-order valence-electron chi connectivity index (χ3n) is 7.09. The van der Waals surface area contributed by atoms with Gasteiger partial charge in [0.05, 0.1) is 17.5 Å². The molecule has 180 valence electrons. The van der Waals surface area contributed by atoms with Crippen molar-refractivity contribution in [3.63, 3.8) is 0 Å². The monoisotopic (exact) mass is 490 g/mol. The van der Waals surface area contributed by atoms with Gasteiger partial charge in [0.1, 0.15) is 0 Å². The van der Waals surface area contributed by atoms with Crippen molar-refractivity contribution in [1.82, 2.24) is 9.55 Å². The summed E-state index contributed by atoms with van der Waals surface area (Å²) < 4.78 is 41.3. The molecule has 0 radical (unpaired) electrons. The number of benzene rings is 5. The van der Waals surface area contributed by atoms with E-state index in [-0.39, 0.29) is 5.56 Å². The molecule has 2 aromatic heterocycles. The minimum absolute atomic E-state index is 0.249. The van der Waals surface area contributed by atoms with Gasteiger partial charge in [-0.2, -0.15) is 13.2 Å². The van der Waals surface area contributed by atoms with Crippen LogP contribution in [0.15, 0.2) is 109 Å². The number of alkyl halides is 3. The molecule has 2 nitrogen and oxygen atoms in total. The molecule has 0 bridgehead atoms. The highest BCUT2D eigenvalue weighted by Crippen LogP contribution is 2.36. The zero-order chi connectivity index (χ0) is 25.1. The Morgan fingerprint density at radius 1 is 0.568 bits per heavy atom. The van der Waals surface area contributed by atoms with Crippen LogP contribution in [0.4, 0.5) is 13.2 Å². The molecule has 0 aliphatic heterocycles. The molecule has 7 rings (SSSR count). The van der Waals surface area contributed by atoms with E-state index >= 15 is 0 Å². The number of aromatic nitrogens is 2. The van der Waals surface area contributed by atoms with Gasteiger partial charge in [-0.15, -0.1) is 0 Å². The average molecular weight is 491 g/mol. The molecule has 0 spiro atoms. The molecule has 5 aromatic carbocycles. The van der Waals surface area contributed by atoms with Crippen LogP contribution in [-0.4, -0.2) is 15.7 Å². The summed E-state index contributed by atoms with van der Waals surface area (Å²) in [5.41, 5.74) is 7.28. The third kappa shape index (κ3) is 3.66. The van der Waals surface area contributed by atoms with Gasteiger partial charge in [0.2, 0.25) is 0 Å². The average Bonchev–Trinajstić information content (AvgIpc) is 3.42. The molecule has 0 fully saturated rings. The Kier molecular flexibility index (Phi) is 4.70. The van der Waals surface area contributed by atoms with E-state index in [9.17, 15) is 13.2 Å². The lowest BCUT2D eigenvalue weighted by atomic mass is 10.0. The van der Waals surface area contributed by atoms with Crippen molar-refractivity contribution < 1.29 is 13.2 Å². The minimum atomic E-state index is -4.25. The number of rotatable bonds is 3. The summed E-state index contributed by atoms with van der Waals surface area (Å²) in [6.45, 7) is 0. The van der Waals surface area contributed by atoms with Crippen LogP contribution in [0.25, 0.3) is 60.4 Å². The summed E-state index contributed by atoms with van der Waals surface area (Å²) in [5, 5.41) is 4.52. The van der Waals surface area contributed by atoms with E-state index in [2.05, 4.69) is 64.1 Å². The first-order valence-corrected chi connectivity index (χ1v) is 12.1. The Morgan fingerprint density at radius 2 is 1.27 bits per heavy atom. The highest BCUT2D eigenvalue weighted by atomic mass is 19.4. The number of halogens is 3. The highest BCUT2D eigenvalue weighted by Gasteiger charge is 2.27. The lowest BCUT2D eigenvalue weighted by molar-refractivity contribution is -0.127. The second kappa shape index (κ2) is 8.00. The molecule has 5 heteroatoms. The predicted octanol–water partition coefficient (Wildman–Crippen LogP) is 9.19. The zero-order valence-electron chi connectivity index (χ0n) is 19.7. The van der Waals surface area contributed by atoms with E-state index in [4.69, 9.17) is 0 Å². The number of para-hydroxylation sites is 2. The molecule has 7 aromatic rings. The van der Waals surface area contributed by atoms with Gasteiger partial charge in [0.25, 0.3) is 0 Å². The number of nitrogens with zero attached hydrogens (tertiary/aromatic N) is 1. The van der Waals surface area contributed by atoms with Crippen molar-refractivity contribution in [1.29, 1.82) is 0 Å². The van der Waals surface area contributed by atoms with Gasteiger partial charge in [-0.25, -0.2) is 0 Å². The maximum atomic E-state index is 13.1. The Hall–Kier alpha value is -4.51. The summed E-state index contributed by atoms with van der Waals surface area (Å²) in [7, 11) is 0. The van der Waals surface area contributed by atoms with E-state index in [0.717, 1.165) is 49.7 Å². The number of hydrogen-bond acceptors (Lipinski definition) is 0. The summed E-state index contributed by atoms with van der Waals surface area (Å²) >= 11 is 0. The van der Waals surface area contributed by atoms with E-state index in [1.807, 2.05) is 36.4 Å². The van der Waals surface area contributed by atoms with Gasteiger partial charge in [-0.1, -0.05) is 66.7 Å². The van der Waals surface area contributed by atoms with Crippen molar-refractivity contribution in [3.05, 3.63) is 115 Å². The highest BCUT2D eigenvalue weighted by molar-refractivity contribution is 6.11. The maximum absolute atomic E-state index is 13.1. The lowest BCUT2D eigenvalue weighted by Gasteiger charge is -2.11. The van der Waals surface area contributed by atoms with Gasteiger partial charge < -0.3 is 9.55 Å². The molecule has 0 aliphatic carbocycles. The molecule has 37 heavy (non-hydrogen) atoms. The fourth-order valence-corrected chi connectivity index (χ4v) is 5.50. The molecule has 0 unspecified atom stereocenters. The lowest BCUT2D eigenvalue weighted by Crippen LogP contribution is -2.11. The Balaban J connectivity index is 1.40. The van der Waals surface area contributed by atoms with Crippen LogP contribution in [0.1, 0.15) is 5.56 Å². The quantitative estimate of drug-likeness (QED) is 0.255. The van der Waals surface area contributed by atoms with Crippen LogP contribution >= 0.6 is 0 Å². The molecule has 0 amide bonds. The zero-order valence-corrected chi connectivity index (χ0v) is 19.7. The molecule has 2 heterocycles. The van der Waals surface area contributed by atoms with Gasteiger partial charge in [-0.05, 0) is 59.2 Å². The predicted molar refractivity (Wildman–Crippen MR) is 145 cm³/mol. The first kappa shape index (κ1) is 21.7. The maximum Gasteiger partial charge on any atom is 0.393 e. The third-order valence-corrected chi connectivity index (χ3v) is 7.09. The summed E-state index contributed by atoms with van der Waals surface area (Å²) in [4.78, 5) is 3.52. The van der Waals surface area contributed by atoms with E-state index < -0.39 is 12.6 Å². The number of H-pyrrole nitrogens is 1. The molecule has 0 saturated carbocycles. The topological polar surface area (TPSA) is 20.7 Å². The van der Waals surface area contributed by atoms with E-state index in [1.165, 1.54) is 16.8 Å². The fraction of sp³-hybridized carbons (Fsp3) is 0.0625. The van der Waals surface area contributed by atoms with Crippen LogP contribution in [-0.2, 0) is 6.42 Å². The Bertz CT molecular complexity index is 1960. The van der Waals surface area contributed by atoms with Gasteiger partial charge in [0, 0.05) is 38.3 Å². The molecule has 0 aliphatic rings. The van der Waals surface area contributed by atoms with Crippen molar-refractivity contribution in [2.45, 2.75) is 12.6 Å². The molecule has 0 atom stereocenters. The van der Waals surface area contributed by atoms with Crippen LogP contribution in [0.2, 0.25) is 0 Å². The van der Waals surface area contributed by atoms with E-state index in [1.54, 1.807) is 12.1 Å². The largest absolute Gasteiger partial charge is 0.393 e. The first-order chi connectivity index (χ1) is 17.9. The van der Waals surface area contributed by atoms with Gasteiger partial charge >= 0.3 is 6.18 Å². The smallest absolute Gasteiger partial charge is 0.354 e. The van der Waals surface area contributed by atoms with Gasteiger partial charge in [-0.3, -0.25) is 0 Å². The standard InChI is InChI=1S/C32H21F3N2/c33-32(34,35)19-20-6-5-7-23(16-20)37-30-11-4-2-9-26(30)27-17-21(13-15-31(27)37)22-12-14-25-24-8-1-3-10-28(24)36-29(25)18-22/h1-18,36H,19H2. The Labute approximate surface area is 210 Å². The molecule has 0 saturated heterocycles. The van der Waals surface area contributed by atoms with Crippen molar-refractivity contribution in [3.8, 4) is 16.8 Å². The molecule has 1 N–H and O–H groups in total. The Morgan fingerprint density at radius 3 is 2.14 bits per heavy atom. The number of fused-ring (bicyclic) bond motifs is 6. The van der Waals surface area contributed by atoms with E-state index in [0.29, 0.717) is 0 Å². The normalized spacial score (nSPS) is 12.3. The fourth-order valence-electron chi connectivity index (χ4n) is 5.50. The van der Waals surface area contributed by atoms with Crippen LogP contribution in [0.5, 0.6) is 0 Å². The summed E-state index contributed by atoms with van der Waals surface area (Å²) in [6.07, 6.45) is -5.20. The number of hydrogen-bond donors (Lipinski definition) is 1. The second-order valence-corrected chi connectivity index (χ2v) is 9.48. The number of aromatic amines is 1. The van der Waals surface area contributed by atoms with Crippen LogP contribution < -0.4 is 0 Å². The SMILES string of the molecule is FC(F)(F)Cc1cccc(-n2c3ccccc3c3cc(-c4ccc5c(c4)[nH]c4ccccc45)ccc32)c1. The van der Waals surface area contributed by atoms with Crippen LogP contribution in [0.3, 0.4) is 0 Å². The minimum Gasteiger partial charge on any atom is -0.354 e. The van der Waals surface area contributed by atoms with Crippen molar-refractivity contribution in [2.75, 3.05) is 0 Å². The first-order valence-electron chi connectivity index (χ1n) is 12.1. The summed E-state index contributed by atoms with van der Waals surface area (Å²) in [5.74, 6) is 0. The second-order valence-electron chi connectivity index (χ2n) is 9.48. The van der Waals surface area contributed by atoms with Crippen molar-refractivity contribution >= 4 is 43.6 Å². The van der Waals surface area contributed by atoms with Crippen LogP contribution in [0, 0.1) is 0 Å². The van der Waals surface area contributed by atoms with Crippen molar-refractivity contribution in [2.24, 2.45) is 0 Å². The number of nitrogens with one attached hydrogen (secondary N) is 1. The summed E-state index contributed by atoms with van der Waals surface area (Å²) in [6, 6.07) is 35.9. The van der Waals surface area contributed by atoms with Gasteiger partial charge in [0.15, 0.2) is 0 Å². The molecular formula is C32H21F3N2.